The normalized spacial score (nSPS) is 10.5. The molecule has 0 saturated heterocycles. The molecule has 0 bridgehead atoms. The Labute approximate surface area is 141 Å². The Balaban J connectivity index is 2.07. The minimum Gasteiger partial charge on any atom is -0.493 e. The van der Waals surface area contributed by atoms with Crippen LogP contribution in [0.4, 0.5) is 0 Å². The van der Waals surface area contributed by atoms with Crippen molar-refractivity contribution in [3.05, 3.63) is 65.9 Å². The van der Waals surface area contributed by atoms with Crippen molar-refractivity contribution in [2.24, 2.45) is 0 Å². The van der Waals surface area contributed by atoms with E-state index in [-0.39, 0.29) is 5.78 Å². The predicted molar refractivity (Wildman–Crippen MR) is 92.9 cm³/mol. The topological polar surface area (TPSA) is 56.8 Å². The van der Waals surface area contributed by atoms with Gasteiger partial charge in [-0.15, -0.1) is 0 Å². The number of benzene rings is 2. The summed E-state index contributed by atoms with van der Waals surface area (Å²) in [7, 11) is 4.56. The van der Waals surface area contributed by atoms with Gasteiger partial charge < -0.3 is 19.5 Å². The largest absolute Gasteiger partial charge is 0.493 e. The third-order valence-electron chi connectivity index (χ3n) is 3.45. The summed E-state index contributed by atoms with van der Waals surface area (Å²) in [5.74, 6) is 1.20. The molecule has 0 aliphatic rings. The van der Waals surface area contributed by atoms with Crippen LogP contribution in [0.15, 0.2) is 54.7 Å². The lowest BCUT2D eigenvalue weighted by atomic mass is 10.1. The first-order valence-electron chi connectivity index (χ1n) is 7.47. The Kier molecular flexibility index (Phi) is 6.25. The smallest absolute Gasteiger partial charge is 0.203 e. The zero-order valence-corrected chi connectivity index (χ0v) is 14.0. The number of carbonyl (C=O) groups is 1. The Hall–Kier alpha value is -2.95. The van der Waals surface area contributed by atoms with Gasteiger partial charge >= 0.3 is 0 Å². The highest BCUT2D eigenvalue weighted by Crippen LogP contribution is 2.38. The molecule has 2 aromatic carbocycles. The van der Waals surface area contributed by atoms with Crippen molar-refractivity contribution in [2.75, 3.05) is 21.3 Å². The number of carbonyl (C=O) groups excluding carboxylic acids is 1. The molecule has 0 fully saturated rings. The van der Waals surface area contributed by atoms with Crippen molar-refractivity contribution in [2.45, 2.75) is 6.54 Å². The van der Waals surface area contributed by atoms with Crippen LogP contribution < -0.4 is 19.5 Å². The summed E-state index contributed by atoms with van der Waals surface area (Å²) in [5, 5.41) is 3.09. The number of hydrogen-bond acceptors (Lipinski definition) is 5. The van der Waals surface area contributed by atoms with Crippen LogP contribution in [0.3, 0.4) is 0 Å². The highest BCUT2D eigenvalue weighted by Gasteiger charge is 2.15. The first-order chi connectivity index (χ1) is 11.7. The van der Waals surface area contributed by atoms with E-state index in [0.717, 1.165) is 5.56 Å². The second-order valence-electron chi connectivity index (χ2n) is 4.98. The summed E-state index contributed by atoms with van der Waals surface area (Å²) in [6.45, 7) is 0.653. The van der Waals surface area contributed by atoms with Gasteiger partial charge in [0, 0.05) is 24.4 Å². The molecular weight excluding hydrogens is 306 g/mol. The Morgan fingerprint density at radius 3 is 2.17 bits per heavy atom. The summed E-state index contributed by atoms with van der Waals surface area (Å²) >= 11 is 0. The number of ether oxygens (including phenoxy) is 3. The summed E-state index contributed by atoms with van der Waals surface area (Å²) in [6, 6.07) is 13.2. The van der Waals surface area contributed by atoms with Gasteiger partial charge in [0.1, 0.15) is 0 Å². The molecule has 126 valence electrons. The molecular formula is C19H21NO4. The lowest BCUT2D eigenvalue weighted by Gasteiger charge is -2.13. The predicted octanol–water partition coefficient (Wildman–Crippen LogP) is 3.20. The van der Waals surface area contributed by atoms with Crippen LogP contribution in [0.25, 0.3) is 0 Å². The highest BCUT2D eigenvalue weighted by atomic mass is 16.5. The van der Waals surface area contributed by atoms with Gasteiger partial charge in [-0.3, -0.25) is 4.79 Å². The van der Waals surface area contributed by atoms with Crippen LogP contribution in [0.2, 0.25) is 0 Å². The molecule has 0 radical (unpaired) electrons. The molecule has 0 unspecified atom stereocenters. The third-order valence-corrected chi connectivity index (χ3v) is 3.45. The van der Waals surface area contributed by atoms with E-state index < -0.39 is 0 Å². The maximum absolute atomic E-state index is 12.3. The van der Waals surface area contributed by atoms with E-state index in [4.69, 9.17) is 14.2 Å². The van der Waals surface area contributed by atoms with Gasteiger partial charge in [0.15, 0.2) is 17.3 Å². The van der Waals surface area contributed by atoms with Gasteiger partial charge in [-0.25, -0.2) is 0 Å². The number of allylic oxidation sites excluding steroid dienone is 1. The minimum absolute atomic E-state index is 0.158. The molecule has 24 heavy (non-hydrogen) atoms. The average molecular weight is 327 g/mol. The number of hydrogen-bond donors (Lipinski definition) is 1. The second kappa shape index (κ2) is 8.62. The molecule has 2 aromatic rings. The maximum Gasteiger partial charge on any atom is 0.203 e. The molecule has 0 aliphatic carbocycles. The van der Waals surface area contributed by atoms with Crippen LogP contribution in [-0.2, 0) is 6.54 Å². The van der Waals surface area contributed by atoms with Crippen LogP contribution in [0, 0.1) is 0 Å². The molecule has 0 spiro atoms. The van der Waals surface area contributed by atoms with Crippen molar-refractivity contribution < 1.29 is 19.0 Å². The van der Waals surface area contributed by atoms with E-state index >= 15 is 0 Å². The Morgan fingerprint density at radius 2 is 1.62 bits per heavy atom. The maximum atomic E-state index is 12.3. The zero-order valence-electron chi connectivity index (χ0n) is 14.0. The molecule has 5 heteroatoms. The van der Waals surface area contributed by atoms with Crippen molar-refractivity contribution in [1.82, 2.24) is 5.32 Å². The van der Waals surface area contributed by atoms with E-state index in [9.17, 15) is 4.79 Å². The average Bonchev–Trinajstić information content (AvgIpc) is 2.64. The summed E-state index contributed by atoms with van der Waals surface area (Å²) < 4.78 is 15.8. The highest BCUT2D eigenvalue weighted by molar-refractivity contribution is 6.05. The van der Waals surface area contributed by atoms with E-state index in [1.807, 2.05) is 30.3 Å². The lowest BCUT2D eigenvalue weighted by molar-refractivity contribution is 0.104. The monoisotopic (exact) mass is 327 g/mol. The van der Waals surface area contributed by atoms with Crippen molar-refractivity contribution in [3.63, 3.8) is 0 Å². The Bertz CT molecular complexity index is 686. The van der Waals surface area contributed by atoms with Gasteiger partial charge in [0.2, 0.25) is 5.75 Å². The summed E-state index contributed by atoms with van der Waals surface area (Å²) in [4.78, 5) is 12.3. The first kappa shape index (κ1) is 17.4. The van der Waals surface area contributed by atoms with E-state index in [1.54, 1.807) is 18.3 Å². The first-order valence-corrected chi connectivity index (χ1v) is 7.47. The molecule has 0 saturated carbocycles. The fourth-order valence-corrected chi connectivity index (χ4v) is 2.23. The molecule has 0 aromatic heterocycles. The lowest BCUT2D eigenvalue weighted by Crippen LogP contribution is -2.06. The van der Waals surface area contributed by atoms with Gasteiger partial charge in [0.05, 0.1) is 21.3 Å². The van der Waals surface area contributed by atoms with Crippen molar-refractivity contribution >= 4 is 5.78 Å². The zero-order chi connectivity index (χ0) is 17.4. The van der Waals surface area contributed by atoms with Crippen molar-refractivity contribution in [1.29, 1.82) is 0 Å². The van der Waals surface area contributed by atoms with E-state index in [1.165, 1.54) is 27.4 Å². The van der Waals surface area contributed by atoms with E-state index in [2.05, 4.69) is 5.32 Å². The van der Waals surface area contributed by atoms with Crippen LogP contribution in [0.5, 0.6) is 17.2 Å². The van der Waals surface area contributed by atoms with E-state index in [0.29, 0.717) is 29.4 Å². The fourth-order valence-electron chi connectivity index (χ4n) is 2.23. The molecule has 0 atom stereocenters. The van der Waals surface area contributed by atoms with Gasteiger partial charge in [0.25, 0.3) is 0 Å². The molecule has 1 N–H and O–H groups in total. The third kappa shape index (κ3) is 4.29. The van der Waals surface area contributed by atoms with Crippen LogP contribution >= 0.6 is 0 Å². The number of ketones is 1. The molecule has 0 aliphatic heterocycles. The molecule has 2 rings (SSSR count). The molecule has 0 heterocycles. The second-order valence-corrected chi connectivity index (χ2v) is 4.98. The van der Waals surface area contributed by atoms with Gasteiger partial charge in [-0.2, -0.15) is 0 Å². The van der Waals surface area contributed by atoms with Crippen molar-refractivity contribution in [3.8, 4) is 17.2 Å². The number of rotatable bonds is 8. The van der Waals surface area contributed by atoms with Gasteiger partial charge in [-0.05, 0) is 17.7 Å². The summed E-state index contributed by atoms with van der Waals surface area (Å²) in [5.41, 5.74) is 1.60. The standard InChI is InChI=1S/C19H21NO4/c1-22-17-11-15(12-18(23-2)19(17)24-3)16(21)9-10-20-13-14-7-5-4-6-8-14/h4-12,20H,13H2,1-3H3. The number of nitrogens with one attached hydrogen (secondary N) is 1. The Morgan fingerprint density at radius 1 is 1.00 bits per heavy atom. The molecule has 5 nitrogen and oxygen atoms in total. The van der Waals surface area contributed by atoms with Crippen LogP contribution in [-0.4, -0.2) is 27.1 Å². The fraction of sp³-hybridized carbons (Fsp3) is 0.211. The van der Waals surface area contributed by atoms with Gasteiger partial charge in [-0.1, -0.05) is 30.3 Å². The summed E-state index contributed by atoms with van der Waals surface area (Å²) in [6.07, 6.45) is 3.11. The molecule has 0 amide bonds. The number of methoxy groups -OCH3 is 3. The minimum atomic E-state index is -0.158. The SMILES string of the molecule is COc1cc(C(=O)C=CNCc2ccccc2)cc(OC)c1OC. The van der Waals surface area contributed by atoms with Crippen LogP contribution in [0.1, 0.15) is 15.9 Å². The quantitative estimate of drug-likeness (QED) is 0.596.